The first kappa shape index (κ1) is 21.4. The van der Waals surface area contributed by atoms with E-state index in [0.717, 1.165) is 19.3 Å². The number of carbonyl (C=O) groups is 3. The Balaban J connectivity index is 4.68. The predicted octanol–water partition coefficient (Wildman–Crippen LogP) is 3.18. The van der Waals surface area contributed by atoms with E-state index in [1.807, 2.05) is 13.8 Å². The van der Waals surface area contributed by atoms with Gasteiger partial charge in [-0.2, -0.15) is 0 Å². The van der Waals surface area contributed by atoms with Crippen LogP contribution in [0, 0.1) is 11.8 Å². The monoisotopic (exact) mass is 330 g/mol. The third-order valence-corrected chi connectivity index (χ3v) is 3.72. The van der Waals surface area contributed by atoms with Gasteiger partial charge in [0, 0.05) is 0 Å². The molecule has 0 heterocycles. The molecule has 6 heteroatoms. The second kappa shape index (κ2) is 11.0. The molecule has 0 rings (SSSR count). The smallest absolute Gasteiger partial charge is 0.309 e. The Morgan fingerprint density at radius 3 is 1.83 bits per heavy atom. The molecule has 134 valence electrons. The maximum absolute atomic E-state index is 12.0. The molecule has 0 bridgehead atoms. The standard InChI is InChI=1S/C17H30O6/c1-6-8-11(3)22-15(18)10-14(16(19)20)13(5)17(21)23-12(4)9-7-2/h11-14H,6-10H2,1-5H3,(H,19,20). The number of esters is 2. The summed E-state index contributed by atoms with van der Waals surface area (Å²) in [5, 5.41) is 9.30. The average Bonchev–Trinajstić information content (AvgIpc) is 2.43. The highest BCUT2D eigenvalue weighted by Gasteiger charge is 2.34. The molecule has 23 heavy (non-hydrogen) atoms. The molecule has 4 atom stereocenters. The Hall–Kier alpha value is -1.59. The highest BCUT2D eigenvalue weighted by Crippen LogP contribution is 2.20. The molecule has 0 aliphatic carbocycles. The lowest BCUT2D eigenvalue weighted by atomic mass is 9.91. The Labute approximate surface area is 138 Å². The fourth-order valence-electron chi connectivity index (χ4n) is 2.33. The number of carbonyl (C=O) groups excluding carboxylic acids is 2. The molecule has 6 nitrogen and oxygen atoms in total. The van der Waals surface area contributed by atoms with Crippen molar-refractivity contribution in [2.45, 2.75) is 78.9 Å². The van der Waals surface area contributed by atoms with Crippen LogP contribution < -0.4 is 0 Å². The number of carboxylic acid groups (broad SMARTS) is 1. The van der Waals surface area contributed by atoms with Crippen molar-refractivity contribution in [3.8, 4) is 0 Å². The minimum absolute atomic E-state index is 0.256. The van der Waals surface area contributed by atoms with E-state index in [2.05, 4.69) is 0 Å². The normalized spacial score (nSPS) is 16.0. The molecular formula is C17H30O6. The minimum atomic E-state index is -1.20. The Bertz CT molecular complexity index is 393. The number of hydrogen-bond donors (Lipinski definition) is 1. The second-order valence-corrected chi connectivity index (χ2v) is 6.06. The molecule has 0 amide bonds. The number of aliphatic carboxylic acids is 1. The van der Waals surface area contributed by atoms with Gasteiger partial charge in [0.1, 0.15) is 0 Å². The number of carboxylic acids is 1. The van der Waals surface area contributed by atoms with Gasteiger partial charge in [0.2, 0.25) is 0 Å². The van der Waals surface area contributed by atoms with Crippen molar-refractivity contribution >= 4 is 17.9 Å². The zero-order valence-corrected chi connectivity index (χ0v) is 14.8. The molecule has 0 aliphatic heterocycles. The van der Waals surface area contributed by atoms with Crippen LogP contribution in [0.5, 0.6) is 0 Å². The summed E-state index contributed by atoms with van der Waals surface area (Å²) in [6.07, 6.45) is 2.32. The summed E-state index contributed by atoms with van der Waals surface area (Å²) in [5.74, 6) is -4.43. The van der Waals surface area contributed by atoms with Crippen molar-refractivity contribution in [2.24, 2.45) is 11.8 Å². The van der Waals surface area contributed by atoms with Crippen LogP contribution in [0.25, 0.3) is 0 Å². The van der Waals surface area contributed by atoms with Gasteiger partial charge in [-0.3, -0.25) is 14.4 Å². The van der Waals surface area contributed by atoms with E-state index in [4.69, 9.17) is 9.47 Å². The first-order chi connectivity index (χ1) is 10.7. The van der Waals surface area contributed by atoms with Gasteiger partial charge in [-0.1, -0.05) is 33.6 Å². The van der Waals surface area contributed by atoms with Crippen LogP contribution in [0.15, 0.2) is 0 Å². The molecule has 0 aliphatic rings. The number of ether oxygens (including phenoxy) is 2. The van der Waals surface area contributed by atoms with Gasteiger partial charge in [-0.05, 0) is 26.7 Å². The van der Waals surface area contributed by atoms with E-state index in [1.165, 1.54) is 6.92 Å². The molecule has 0 aromatic rings. The quantitative estimate of drug-likeness (QED) is 0.585. The van der Waals surface area contributed by atoms with Crippen molar-refractivity contribution in [1.29, 1.82) is 0 Å². The largest absolute Gasteiger partial charge is 0.481 e. The van der Waals surface area contributed by atoms with Gasteiger partial charge in [0.05, 0.1) is 30.5 Å². The Morgan fingerprint density at radius 2 is 1.39 bits per heavy atom. The van der Waals surface area contributed by atoms with E-state index in [0.29, 0.717) is 6.42 Å². The predicted molar refractivity (Wildman–Crippen MR) is 85.8 cm³/mol. The second-order valence-electron chi connectivity index (χ2n) is 6.06. The van der Waals surface area contributed by atoms with Crippen molar-refractivity contribution < 1.29 is 29.0 Å². The van der Waals surface area contributed by atoms with Crippen molar-refractivity contribution in [3.63, 3.8) is 0 Å². The van der Waals surface area contributed by atoms with Crippen molar-refractivity contribution in [3.05, 3.63) is 0 Å². The van der Waals surface area contributed by atoms with Gasteiger partial charge in [0.25, 0.3) is 0 Å². The third kappa shape index (κ3) is 8.57. The molecule has 0 aromatic heterocycles. The zero-order chi connectivity index (χ0) is 18.0. The van der Waals surface area contributed by atoms with Crippen LogP contribution in [-0.2, 0) is 23.9 Å². The minimum Gasteiger partial charge on any atom is -0.481 e. The van der Waals surface area contributed by atoms with Gasteiger partial charge < -0.3 is 14.6 Å². The van der Waals surface area contributed by atoms with Crippen LogP contribution in [0.3, 0.4) is 0 Å². The molecule has 0 saturated heterocycles. The molecule has 0 spiro atoms. The van der Waals surface area contributed by atoms with Gasteiger partial charge >= 0.3 is 17.9 Å². The lowest BCUT2D eigenvalue weighted by Crippen LogP contribution is -2.33. The van der Waals surface area contributed by atoms with Crippen LogP contribution in [0.4, 0.5) is 0 Å². The first-order valence-corrected chi connectivity index (χ1v) is 8.35. The van der Waals surface area contributed by atoms with Crippen LogP contribution in [-0.4, -0.2) is 35.2 Å². The SMILES string of the molecule is CCCC(C)OC(=O)CC(C(=O)O)C(C)C(=O)OC(C)CCC. The third-order valence-electron chi connectivity index (χ3n) is 3.72. The van der Waals surface area contributed by atoms with E-state index in [9.17, 15) is 19.5 Å². The fourth-order valence-corrected chi connectivity index (χ4v) is 2.33. The van der Waals surface area contributed by atoms with Gasteiger partial charge in [-0.25, -0.2) is 0 Å². The number of rotatable bonds is 11. The van der Waals surface area contributed by atoms with Crippen molar-refractivity contribution in [1.82, 2.24) is 0 Å². The van der Waals surface area contributed by atoms with Gasteiger partial charge in [0.15, 0.2) is 0 Å². The van der Waals surface area contributed by atoms with E-state index >= 15 is 0 Å². The van der Waals surface area contributed by atoms with Crippen LogP contribution in [0.1, 0.15) is 66.7 Å². The topological polar surface area (TPSA) is 89.9 Å². The molecule has 0 saturated carbocycles. The maximum Gasteiger partial charge on any atom is 0.309 e. The van der Waals surface area contributed by atoms with Gasteiger partial charge in [-0.15, -0.1) is 0 Å². The molecule has 0 fully saturated rings. The van der Waals surface area contributed by atoms with E-state index in [1.54, 1.807) is 13.8 Å². The molecule has 4 unspecified atom stereocenters. The summed E-state index contributed by atoms with van der Waals surface area (Å²) >= 11 is 0. The summed E-state index contributed by atoms with van der Waals surface area (Å²) in [6.45, 7) is 8.95. The van der Waals surface area contributed by atoms with Crippen LogP contribution in [0.2, 0.25) is 0 Å². The Kier molecular flexibility index (Phi) is 10.3. The molecular weight excluding hydrogens is 300 g/mol. The zero-order valence-electron chi connectivity index (χ0n) is 14.8. The Morgan fingerprint density at radius 1 is 0.913 bits per heavy atom. The van der Waals surface area contributed by atoms with Crippen LogP contribution >= 0.6 is 0 Å². The lowest BCUT2D eigenvalue weighted by Gasteiger charge is -2.21. The molecule has 0 radical (unpaired) electrons. The van der Waals surface area contributed by atoms with Crippen molar-refractivity contribution in [2.75, 3.05) is 0 Å². The summed E-state index contributed by atoms with van der Waals surface area (Å²) < 4.78 is 10.4. The molecule has 1 N–H and O–H groups in total. The summed E-state index contributed by atoms with van der Waals surface area (Å²) in [6, 6.07) is 0. The summed E-state index contributed by atoms with van der Waals surface area (Å²) in [4.78, 5) is 35.3. The maximum atomic E-state index is 12.0. The lowest BCUT2D eigenvalue weighted by molar-refractivity contribution is -0.164. The summed E-state index contributed by atoms with van der Waals surface area (Å²) in [5.41, 5.74) is 0. The molecule has 0 aromatic carbocycles. The highest BCUT2D eigenvalue weighted by molar-refractivity contribution is 5.84. The fraction of sp³-hybridized carbons (Fsp3) is 0.824. The first-order valence-electron chi connectivity index (χ1n) is 8.35. The summed E-state index contributed by atoms with van der Waals surface area (Å²) in [7, 11) is 0. The number of hydrogen-bond acceptors (Lipinski definition) is 5. The van der Waals surface area contributed by atoms with E-state index in [-0.39, 0.29) is 18.6 Å². The van der Waals surface area contributed by atoms with E-state index < -0.39 is 29.7 Å². The average molecular weight is 330 g/mol. The highest BCUT2D eigenvalue weighted by atomic mass is 16.5.